The maximum Gasteiger partial charge on any atom is 0.226 e. The number of likely N-dealkylation sites (N-methyl/N-ethyl adjacent to an activating group) is 1. The van der Waals surface area contributed by atoms with Gasteiger partial charge >= 0.3 is 0 Å². The highest BCUT2D eigenvalue weighted by Gasteiger charge is 2.39. The van der Waals surface area contributed by atoms with Gasteiger partial charge in [0.05, 0.1) is 11.6 Å². The molecule has 0 bridgehead atoms. The first-order chi connectivity index (χ1) is 16.4. The van der Waals surface area contributed by atoms with Crippen molar-refractivity contribution in [1.29, 1.82) is 5.26 Å². The molecule has 2 aromatic rings. The molecular formula is C28H38N4O2. The van der Waals surface area contributed by atoms with E-state index in [1.807, 2.05) is 20.0 Å². The molecule has 2 aliphatic rings. The normalized spacial score (nSPS) is 20.9. The molecule has 1 saturated heterocycles. The predicted molar refractivity (Wildman–Crippen MR) is 134 cm³/mol. The molecule has 2 heterocycles. The van der Waals surface area contributed by atoms with Crippen molar-refractivity contribution in [2.45, 2.75) is 83.8 Å². The predicted octanol–water partition coefficient (Wildman–Crippen LogP) is 4.58. The number of ketones is 1. The lowest BCUT2D eigenvalue weighted by Crippen LogP contribution is -2.45. The van der Waals surface area contributed by atoms with Gasteiger partial charge in [0, 0.05) is 48.6 Å². The van der Waals surface area contributed by atoms with E-state index in [2.05, 4.69) is 39.1 Å². The molecule has 1 aliphatic heterocycles. The first kappa shape index (κ1) is 24.5. The zero-order valence-electron chi connectivity index (χ0n) is 20.8. The van der Waals surface area contributed by atoms with Gasteiger partial charge in [-0.3, -0.25) is 9.59 Å². The van der Waals surface area contributed by atoms with Crippen molar-refractivity contribution in [2.24, 2.45) is 11.8 Å². The number of likely N-dealkylation sites (tertiary alicyclic amines) is 1. The van der Waals surface area contributed by atoms with Crippen molar-refractivity contribution in [3.8, 4) is 6.07 Å². The zero-order valence-corrected chi connectivity index (χ0v) is 20.8. The lowest BCUT2D eigenvalue weighted by molar-refractivity contribution is -0.141. The average Bonchev–Trinajstić information content (AvgIpc) is 3.46. The Hall–Kier alpha value is -2.65. The standard InChI is InChI=1S/C28H38N4O2/c1-19-11-12-26-24(14-19)22(16-29)17-31(26)18-23-10-7-13-32(23)28(34)25(15-27(33)20(2)30-3)21-8-5-4-6-9-21/h11-12,14,17,20-21,23,25,30H,4-10,13,15,18H2,1-3H3. The average molecular weight is 463 g/mol. The monoisotopic (exact) mass is 462 g/mol. The highest BCUT2D eigenvalue weighted by atomic mass is 16.2. The summed E-state index contributed by atoms with van der Waals surface area (Å²) in [6.07, 6.45) is 9.83. The number of aromatic nitrogens is 1. The summed E-state index contributed by atoms with van der Waals surface area (Å²) >= 11 is 0. The Labute approximate surface area is 203 Å². The number of carbonyl (C=O) groups excluding carboxylic acids is 2. The minimum atomic E-state index is -0.229. The number of hydrogen-bond donors (Lipinski definition) is 1. The molecule has 1 saturated carbocycles. The summed E-state index contributed by atoms with van der Waals surface area (Å²) in [6.45, 7) is 5.36. The summed E-state index contributed by atoms with van der Waals surface area (Å²) < 4.78 is 2.15. The van der Waals surface area contributed by atoms with Gasteiger partial charge in [0.15, 0.2) is 0 Å². The Morgan fingerprint density at radius 2 is 1.94 bits per heavy atom. The van der Waals surface area contributed by atoms with Crippen LogP contribution in [0.4, 0.5) is 0 Å². The van der Waals surface area contributed by atoms with Crippen LogP contribution in [0.15, 0.2) is 24.4 Å². The molecule has 1 N–H and O–H groups in total. The molecular weight excluding hydrogens is 424 g/mol. The number of rotatable bonds is 8. The van der Waals surface area contributed by atoms with Crippen molar-refractivity contribution in [3.05, 3.63) is 35.5 Å². The number of benzene rings is 1. The van der Waals surface area contributed by atoms with E-state index < -0.39 is 0 Å². The summed E-state index contributed by atoms with van der Waals surface area (Å²) in [4.78, 5) is 28.9. The molecule has 1 aliphatic carbocycles. The second-order valence-electron chi connectivity index (χ2n) is 10.3. The van der Waals surface area contributed by atoms with Crippen LogP contribution in [-0.2, 0) is 16.1 Å². The number of amides is 1. The zero-order chi connectivity index (χ0) is 24.2. The van der Waals surface area contributed by atoms with Crippen LogP contribution >= 0.6 is 0 Å². The van der Waals surface area contributed by atoms with E-state index >= 15 is 0 Å². The smallest absolute Gasteiger partial charge is 0.226 e. The van der Waals surface area contributed by atoms with Crippen molar-refractivity contribution in [3.63, 3.8) is 0 Å². The van der Waals surface area contributed by atoms with Gasteiger partial charge in [0.25, 0.3) is 0 Å². The SMILES string of the molecule is CNC(C)C(=O)CC(C(=O)N1CCCC1Cn1cc(C#N)c2cc(C)ccc21)C1CCCCC1. The van der Waals surface area contributed by atoms with Crippen molar-refractivity contribution >= 4 is 22.6 Å². The Morgan fingerprint density at radius 3 is 2.65 bits per heavy atom. The second kappa shape index (κ2) is 10.7. The highest BCUT2D eigenvalue weighted by Crippen LogP contribution is 2.35. The minimum Gasteiger partial charge on any atom is -0.344 e. The fraction of sp³-hybridized carbons (Fsp3) is 0.607. The van der Waals surface area contributed by atoms with Gasteiger partial charge in [-0.05, 0) is 64.6 Å². The van der Waals surface area contributed by atoms with Crippen molar-refractivity contribution < 1.29 is 9.59 Å². The van der Waals surface area contributed by atoms with Gasteiger partial charge in [-0.2, -0.15) is 5.26 Å². The molecule has 2 fully saturated rings. The molecule has 1 amide bonds. The maximum atomic E-state index is 14.0. The summed E-state index contributed by atoms with van der Waals surface area (Å²) in [7, 11) is 1.80. The summed E-state index contributed by atoms with van der Waals surface area (Å²) in [5.74, 6) is 0.380. The van der Waals surface area contributed by atoms with Crippen molar-refractivity contribution in [1.82, 2.24) is 14.8 Å². The van der Waals surface area contributed by atoms with Gasteiger partial charge in [-0.1, -0.05) is 30.9 Å². The van der Waals surface area contributed by atoms with Crippen LogP contribution in [0.5, 0.6) is 0 Å². The molecule has 182 valence electrons. The molecule has 1 aromatic heterocycles. The number of fused-ring (bicyclic) bond motifs is 1. The van der Waals surface area contributed by atoms with Crippen LogP contribution in [0.1, 0.15) is 69.4 Å². The molecule has 4 rings (SSSR count). The Morgan fingerprint density at radius 1 is 1.18 bits per heavy atom. The van der Waals surface area contributed by atoms with Crippen LogP contribution < -0.4 is 5.32 Å². The molecule has 34 heavy (non-hydrogen) atoms. The first-order valence-corrected chi connectivity index (χ1v) is 12.9. The van der Waals surface area contributed by atoms with Crippen LogP contribution in [0, 0.1) is 30.1 Å². The lowest BCUT2D eigenvalue weighted by atomic mass is 9.76. The van der Waals surface area contributed by atoms with Crippen LogP contribution in [-0.4, -0.2) is 46.8 Å². The fourth-order valence-corrected chi connectivity index (χ4v) is 5.95. The third-order valence-corrected chi connectivity index (χ3v) is 8.10. The third-order valence-electron chi connectivity index (χ3n) is 8.10. The topological polar surface area (TPSA) is 78.1 Å². The van der Waals surface area contributed by atoms with Crippen molar-refractivity contribution in [2.75, 3.05) is 13.6 Å². The summed E-state index contributed by atoms with van der Waals surface area (Å²) in [6, 6.07) is 8.42. The number of hydrogen-bond acceptors (Lipinski definition) is 4. The molecule has 6 nitrogen and oxygen atoms in total. The maximum absolute atomic E-state index is 14.0. The van der Waals surface area contributed by atoms with Gasteiger partial charge in [-0.25, -0.2) is 0 Å². The van der Waals surface area contributed by atoms with Gasteiger partial charge in [0.1, 0.15) is 11.9 Å². The van der Waals surface area contributed by atoms with Gasteiger partial charge < -0.3 is 14.8 Å². The number of nitriles is 1. The summed E-state index contributed by atoms with van der Waals surface area (Å²) in [5, 5.41) is 13.7. The number of nitrogens with zero attached hydrogens (tertiary/aromatic N) is 3. The van der Waals surface area contributed by atoms with Gasteiger partial charge in [-0.15, -0.1) is 0 Å². The van der Waals surface area contributed by atoms with E-state index in [4.69, 9.17) is 0 Å². The fourth-order valence-electron chi connectivity index (χ4n) is 5.95. The van der Waals surface area contributed by atoms with E-state index in [1.54, 1.807) is 7.05 Å². The largest absolute Gasteiger partial charge is 0.344 e. The van der Waals surface area contributed by atoms with E-state index in [9.17, 15) is 14.9 Å². The van der Waals surface area contributed by atoms with Gasteiger partial charge in [0.2, 0.25) is 5.91 Å². The molecule has 0 radical (unpaired) electrons. The van der Waals surface area contributed by atoms with E-state index in [1.165, 1.54) is 6.42 Å². The molecule has 1 aromatic carbocycles. The molecule has 0 spiro atoms. The highest BCUT2D eigenvalue weighted by molar-refractivity contribution is 5.90. The Balaban J connectivity index is 1.57. The third kappa shape index (κ3) is 5.05. The van der Waals surface area contributed by atoms with E-state index in [-0.39, 0.29) is 29.7 Å². The number of nitrogens with one attached hydrogen (secondary N) is 1. The first-order valence-electron chi connectivity index (χ1n) is 12.9. The van der Waals surface area contributed by atoms with Crippen LogP contribution in [0.2, 0.25) is 0 Å². The number of aryl methyl sites for hydroxylation is 1. The molecule has 3 unspecified atom stereocenters. The molecule has 6 heteroatoms. The number of carbonyl (C=O) groups is 2. The Bertz CT molecular complexity index is 1080. The summed E-state index contributed by atoms with van der Waals surface area (Å²) in [5.41, 5.74) is 2.86. The lowest BCUT2D eigenvalue weighted by Gasteiger charge is -2.35. The van der Waals surface area contributed by atoms with Crippen LogP contribution in [0.25, 0.3) is 10.9 Å². The second-order valence-corrected chi connectivity index (χ2v) is 10.3. The molecule has 3 atom stereocenters. The quantitative estimate of drug-likeness (QED) is 0.623. The minimum absolute atomic E-state index is 0.0962. The van der Waals surface area contributed by atoms with E-state index in [0.717, 1.165) is 61.5 Å². The Kier molecular flexibility index (Phi) is 7.73. The van der Waals surface area contributed by atoms with E-state index in [0.29, 0.717) is 24.4 Å². The number of Topliss-reactive ketones (excluding diaryl/α,β-unsaturated/α-hetero) is 1. The van der Waals surface area contributed by atoms with Crippen LogP contribution in [0.3, 0.4) is 0 Å².